The van der Waals surface area contributed by atoms with Crippen molar-refractivity contribution in [3.8, 4) is 17.0 Å². The lowest BCUT2D eigenvalue weighted by Gasteiger charge is -2.06. The number of rotatable bonds is 3. The summed E-state index contributed by atoms with van der Waals surface area (Å²) >= 11 is 0. The molecule has 0 radical (unpaired) electrons. The van der Waals surface area contributed by atoms with Gasteiger partial charge in [-0.3, -0.25) is 5.10 Å². The zero-order valence-electron chi connectivity index (χ0n) is 12.3. The quantitative estimate of drug-likeness (QED) is 0.601. The predicted octanol–water partition coefficient (Wildman–Crippen LogP) is 4.01. The van der Waals surface area contributed by atoms with Crippen molar-refractivity contribution in [3.05, 3.63) is 59.2 Å². The number of aromatic nitrogens is 2. The number of fused-ring (bicyclic) bond motifs is 3. The van der Waals surface area contributed by atoms with E-state index in [1.807, 2.05) is 0 Å². The maximum absolute atomic E-state index is 13.9. The molecule has 1 heterocycles. The largest absolute Gasteiger partial charge is 0.494 e. The molecule has 2 aromatic carbocycles. The Labute approximate surface area is 131 Å². The molecule has 0 saturated carbocycles. The summed E-state index contributed by atoms with van der Waals surface area (Å²) in [5.41, 5.74) is 4.02. The number of nitrogens with one attached hydrogen (secondary N) is 2. The van der Waals surface area contributed by atoms with E-state index >= 15 is 0 Å². The highest BCUT2D eigenvalue weighted by Gasteiger charge is 2.26. The van der Waals surface area contributed by atoms with Crippen molar-refractivity contribution in [3.63, 3.8) is 0 Å². The first kappa shape index (κ1) is 13.8. The summed E-state index contributed by atoms with van der Waals surface area (Å²) in [6.07, 6.45) is 0.555. The summed E-state index contributed by atoms with van der Waals surface area (Å²) in [6, 6.07) is 9.31. The van der Waals surface area contributed by atoms with Crippen LogP contribution in [0.3, 0.4) is 0 Å². The molecule has 0 fully saturated rings. The molecular formula is C17H13F2N3O. The van der Waals surface area contributed by atoms with Crippen molar-refractivity contribution in [1.29, 1.82) is 0 Å². The SMILES string of the molecule is COc1cc2c(cc1F)Cc1c-2n[nH]c1Nc1cccc(F)c1. The Hall–Kier alpha value is -2.89. The first-order valence-electron chi connectivity index (χ1n) is 7.12. The van der Waals surface area contributed by atoms with Gasteiger partial charge in [0.2, 0.25) is 0 Å². The van der Waals surface area contributed by atoms with Crippen molar-refractivity contribution in [1.82, 2.24) is 10.2 Å². The molecule has 4 nitrogen and oxygen atoms in total. The molecule has 116 valence electrons. The maximum atomic E-state index is 13.9. The molecule has 0 atom stereocenters. The third-order valence-corrected chi connectivity index (χ3v) is 3.96. The van der Waals surface area contributed by atoms with E-state index in [0.29, 0.717) is 17.9 Å². The smallest absolute Gasteiger partial charge is 0.165 e. The lowest BCUT2D eigenvalue weighted by Crippen LogP contribution is -1.95. The van der Waals surface area contributed by atoms with Gasteiger partial charge in [-0.25, -0.2) is 8.78 Å². The number of benzene rings is 2. The minimum Gasteiger partial charge on any atom is -0.494 e. The molecule has 0 aliphatic heterocycles. The summed E-state index contributed by atoms with van der Waals surface area (Å²) < 4.78 is 32.2. The van der Waals surface area contributed by atoms with Crippen molar-refractivity contribution in [2.75, 3.05) is 12.4 Å². The minimum atomic E-state index is -0.389. The summed E-state index contributed by atoms with van der Waals surface area (Å²) in [7, 11) is 1.43. The van der Waals surface area contributed by atoms with Gasteiger partial charge in [0.05, 0.1) is 12.8 Å². The van der Waals surface area contributed by atoms with Crippen LogP contribution in [0.2, 0.25) is 0 Å². The van der Waals surface area contributed by atoms with Gasteiger partial charge in [0.15, 0.2) is 11.6 Å². The van der Waals surface area contributed by atoms with Crippen LogP contribution in [0.5, 0.6) is 5.75 Å². The predicted molar refractivity (Wildman–Crippen MR) is 83.0 cm³/mol. The van der Waals surface area contributed by atoms with Gasteiger partial charge in [-0.15, -0.1) is 0 Å². The van der Waals surface area contributed by atoms with E-state index in [1.165, 1.54) is 25.3 Å². The van der Waals surface area contributed by atoms with Gasteiger partial charge in [0, 0.05) is 23.2 Å². The van der Waals surface area contributed by atoms with Crippen LogP contribution in [-0.2, 0) is 6.42 Å². The zero-order valence-corrected chi connectivity index (χ0v) is 12.3. The molecule has 0 saturated heterocycles. The molecule has 1 aliphatic rings. The van der Waals surface area contributed by atoms with E-state index in [1.54, 1.807) is 18.2 Å². The standard InChI is InChI=1S/C17H13F2N3O/c1-23-15-8-12-9(6-14(15)19)5-13-16(12)21-22-17(13)20-11-4-2-3-10(18)7-11/h2-4,6-8H,5H2,1H3,(H2,20,21,22). The van der Waals surface area contributed by atoms with Crippen molar-refractivity contribution >= 4 is 11.5 Å². The maximum Gasteiger partial charge on any atom is 0.165 e. The second-order valence-corrected chi connectivity index (χ2v) is 5.38. The highest BCUT2D eigenvalue weighted by atomic mass is 19.1. The molecule has 23 heavy (non-hydrogen) atoms. The molecule has 2 N–H and O–H groups in total. The highest BCUT2D eigenvalue weighted by Crippen LogP contribution is 2.41. The third-order valence-electron chi connectivity index (χ3n) is 3.96. The second-order valence-electron chi connectivity index (χ2n) is 5.38. The lowest BCUT2D eigenvalue weighted by molar-refractivity contribution is 0.386. The fraction of sp³-hybridized carbons (Fsp3) is 0.118. The van der Waals surface area contributed by atoms with E-state index in [4.69, 9.17) is 4.74 Å². The number of anilines is 2. The number of methoxy groups -OCH3 is 1. The molecule has 1 aliphatic carbocycles. The van der Waals surface area contributed by atoms with Crippen LogP contribution in [0.4, 0.5) is 20.3 Å². The highest BCUT2D eigenvalue weighted by molar-refractivity contribution is 5.80. The van der Waals surface area contributed by atoms with Crippen molar-refractivity contribution in [2.24, 2.45) is 0 Å². The van der Waals surface area contributed by atoms with Crippen LogP contribution < -0.4 is 10.1 Å². The molecule has 3 aromatic rings. The Morgan fingerprint density at radius 3 is 2.87 bits per heavy atom. The van der Waals surface area contributed by atoms with Gasteiger partial charge in [-0.05, 0) is 35.9 Å². The number of ether oxygens (including phenoxy) is 1. The molecule has 0 unspecified atom stereocenters. The first-order chi connectivity index (χ1) is 11.2. The van der Waals surface area contributed by atoms with E-state index in [-0.39, 0.29) is 17.4 Å². The van der Waals surface area contributed by atoms with Crippen molar-refractivity contribution in [2.45, 2.75) is 6.42 Å². The second kappa shape index (κ2) is 5.08. The average Bonchev–Trinajstić information content (AvgIpc) is 3.06. The Bertz CT molecular complexity index is 905. The zero-order chi connectivity index (χ0) is 16.0. The van der Waals surface area contributed by atoms with Gasteiger partial charge in [0.1, 0.15) is 11.6 Å². The monoisotopic (exact) mass is 313 g/mol. The van der Waals surface area contributed by atoms with Crippen LogP contribution in [0.25, 0.3) is 11.3 Å². The number of aromatic amines is 1. The van der Waals surface area contributed by atoms with Crippen LogP contribution in [0.15, 0.2) is 36.4 Å². The number of halogens is 2. The Balaban J connectivity index is 1.72. The fourth-order valence-corrected chi connectivity index (χ4v) is 2.88. The van der Waals surface area contributed by atoms with Gasteiger partial charge in [-0.2, -0.15) is 5.10 Å². The summed E-state index contributed by atoms with van der Waals surface area (Å²) in [5, 5.41) is 10.3. The van der Waals surface area contributed by atoms with Crippen LogP contribution in [0.1, 0.15) is 11.1 Å². The number of nitrogens with zero attached hydrogens (tertiary/aromatic N) is 1. The van der Waals surface area contributed by atoms with Crippen molar-refractivity contribution < 1.29 is 13.5 Å². The first-order valence-corrected chi connectivity index (χ1v) is 7.12. The molecular weight excluding hydrogens is 300 g/mol. The van der Waals surface area contributed by atoms with Gasteiger partial charge < -0.3 is 10.1 Å². The number of hydrogen-bond donors (Lipinski definition) is 2. The van der Waals surface area contributed by atoms with Gasteiger partial charge >= 0.3 is 0 Å². The molecule has 6 heteroatoms. The molecule has 1 aromatic heterocycles. The van der Waals surface area contributed by atoms with Crippen LogP contribution in [0, 0.1) is 11.6 Å². The normalized spacial score (nSPS) is 12.0. The van der Waals surface area contributed by atoms with E-state index in [2.05, 4.69) is 15.5 Å². The summed E-state index contributed by atoms with van der Waals surface area (Å²) in [5.74, 6) is 0.168. The van der Waals surface area contributed by atoms with Gasteiger partial charge in [0.25, 0.3) is 0 Å². The fourth-order valence-electron chi connectivity index (χ4n) is 2.88. The summed E-state index contributed by atoms with van der Waals surface area (Å²) in [6.45, 7) is 0. The number of hydrogen-bond acceptors (Lipinski definition) is 3. The Morgan fingerprint density at radius 1 is 1.22 bits per heavy atom. The average molecular weight is 313 g/mol. The van der Waals surface area contributed by atoms with Crippen LogP contribution in [-0.4, -0.2) is 17.3 Å². The Morgan fingerprint density at radius 2 is 2.09 bits per heavy atom. The molecule has 0 amide bonds. The molecule has 0 bridgehead atoms. The summed E-state index contributed by atoms with van der Waals surface area (Å²) in [4.78, 5) is 0. The molecule has 4 rings (SSSR count). The lowest BCUT2D eigenvalue weighted by atomic mass is 10.1. The topological polar surface area (TPSA) is 49.9 Å². The van der Waals surface area contributed by atoms with Gasteiger partial charge in [-0.1, -0.05) is 6.07 Å². The van der Waals surface area contributed by atoms with Crippen LogP contribution >= 0.6 is 0 Å². The van der Waals surface area contributed by atoms with E-state index in [0.717, 1.165) is 22.4 Å². The van der Waals surface area contributed by atoms with E-state index in [9.17, 15) is 8.78 Å². The Kier molecular flexibility index (Phi) is 3.04. The minimum absolute atomic E-state index is 0.194. The molecule has 0 spiro atoms. The van der Waals surface area contributed by atoms with E-state index < -0.39 is 0 Å². The number of H-pyrrole nitrogens is 1. The third kappa shape index (κ3) is 2.23.